The third-order valence-corrected chi connectivity index (χ3v) is 3.33. The van der Waals surface area contributed by atoms with Crippen LogP contribution in [0.4, 0.5) is 11.5 Å². The molecule has 0 amide bonds. The van der Waals surface area contributed by atoms with Crippen LogP contribution in [0.15, 0.2) is 36.7 Å². The standard InChI is InChI=1S/C14H17ClN4O/c1-14(20,10-6-4-3-5-7-10)8-17-13-11(16-2)12(15)18-9-19-13/h3-7,9,16,20H,8H2,1-2H3,(H,17,18,19). The van der Waals surface area contributed by atoms with E-state index in [1.54, 1.807) is 14.0 Å². The zero-order valence-electron chi connectivity index (χ0n) is 11.4. The average Bonchev–Trinajstić information content (AvgIpc) is 2.46. The molecule has 6 heteroatoms. The quantitative estimate of drug-likeness (QED) is 0.739. The molecule has 0 aliphatic heterocycles. The number of hydrogen-bond donors (Lipinski definition) is 3. The first-order valence-electron chi connectivity index (χ1n) is 6.24. The zero-order valence-corrected chi connectivity index (χ0v) is 12.1. The minimum atomic E-state index is -1.01. The summed E-state index contributed by atoms with van der Waals surface area (Å²) in [6.45, 7) is 2.05. The van der Waals surface area contributed by atoms with Crippen molar-refractivity contribution < 1.29 is 5.11 Å². The fourth-order valence-corrected chi connectivity index (χ4v) is 2.10. The Kier molecular flexibility index (Phi) is 4.42. The summed E-state index contributed by atoms with van der Waals surface area (Å²) in [5.41, 5.74) is 0.431. The maximum Gasteiger partial charge on any atom is 0.157 e. The van der Waals surface area contributed by atoms with E-state index in [1.165, 1.54) is 6.33 Å². The molecule has 2 aromatic rings. The Balaban J connectivity index is 2.15. The third kappa shape index (κ3) is 3.18. The Labute approximate surface area is 123 Å². The van der Waals surface area contributed by atoms with Crippen LogP contribution in [0.1, 0.15) is 12.5 Å². The molecule has 0 bridgehead atoms. The van der Waals surface area contributed by atoms with Crippen LogP contribution in [-0.4, -0.2) is 28.7 Å². The largest absolute Gasteiger partial charge is 0.384 e. The van der Waals surface area contributed by atoms with Crippen molar-refractivity contribution in [3.8, 4) is 0 Å². The van der Waals surface area contributed by atoms with Gasteiger partial charge >= 0.3 is 0 Å². The van der Waals surface area contributed by atoms with E-state index >= 15 is 0 Å². The van der Waals surface area contributed by atoms with Crippen LogP contribution in [0.25, 0.3) is 0 Å². The number of nitrogens with one attached hydrogen (secondary N) is 2. The Morgan fingerprint density at radius 2 is 1.95 bits per heavy atom. The first kappa shape index (κ1) is 14.6. The van der Waals surface area contributed by atoms with Crippen molar-refractivity contribution in [3.63, 3.8) is 0 Å². The summed E-state index contributed by atoms with van der Waals surface area (Å²) in [4.78, 5) is 8.03. The maximum absolute atomic E-state index is 10.5. The molecule has 0 saturated carbocycles. The van der Waals surface area contributed by atoms with Gasteiger partial charge in [0.2, 0.25) is 0 Å². The van der Waals surface area contributed by atoms with E-state index in [1.807, 2.05) is 30.3 Å². The van der Waals surface area contributed by atoms with Gasteiger partial charge in [0.15, 0.2) is 11.0 Å². The lowest BCUT2D eigenvalue weighted by Gasteiger charge is -2.25. The van der Waals surface area contributed by atoms with Gasteiger partial charge in [-0.3, -0.25) is 0 Å². The average molecular weight is 293 g/mol. The second kappa shape index (κ2) is 6.07. The number of aliphatic hydroxyl groups is 1. The number of rotatable bonds is 5. The van der Waals surface area contributed by atoms with Gasteiger partial charge in [-0.25, -0.2) is 9.97 Å². The summed E-state index contributed by atoms with van der Waals surface area (Å²) in [6.07, 6.45) is 1.38. The van der Waals surface area contributed by atoms with Crippen LogP contribution in [0.5, 0.6) is 0 Å². The van der Waals surface area contributed by atoms with Crippen LogP contribution in [0.3, 0.4) is 0 Å². The lowest BCUT2D eigenvalue weighted by atomic mass is 9.96. The molecule has 20 heavy (non-hydrogen) atoms. The molecule has 0 saturated heterocycles. The second-order valence-electron chi connectivity index (χ2n) is 4.63. The van der Waals surface area contributed by atoms with Crippen molar-refractivity contribution in [1.82, 2.24) is 9.97 Å². The molecule has 1 heterocycles. The summed E-state index contributed by atoms with van der Waals surface area (Å²) in [6, 6.07) is 9.46. The highest BCUT2D eigenvalue weighted by Crippen LogP contribution is 2.27. The van der Waals surface area contributed by atoms with Gasteiger partial charge in [0.25, 0.3) is 0 Å². The summed E-state index contributed by atoms with van der Waals surface area (Å²) >= 11 is 5.98. The molecular weight excluding hydrogens is 276 g/mol. The molecule has 0 spiro atoms. The van der Waals surface area contributed by atoms with E-state index in [-0.39, 0.29) is 0 Å². The van der Waals surface area contributed by atoms with Gasteiger partial charge in [-0.15, -0.1) is 0 Å². The number of benzene rings is 1. The molecule has 2 rings (SSSR count). The molecule has 0 aliphatic carbocycles. The Hall–Kier alpha value is -1.85. The maximum atomic E-state index is 10.5. The summed E-state index contributed by atoms with van der Waals surface area (Å²) in [5, 5.41) is 16.9. The number of aromatic nitrogens is 2. The highest BCUT2D eigenvalue weighted by atomic mass is 35.5. The van der Waals surface area contributed by atoms with Crippen molar-refractivity contribution in [3.05, 3.63) is 47.4 Å². The molecule has 0 fully saturated rings. The SMILES string of the molecule is CNc1c(Cl)ncnc1NCC(C)(O)c1ccccc1. The fraction of sp³-hybridized carbons (Fsp3) is 0.286. The molecule has 1 aromatic carbocycles. The molecule has 0 radical (unpaired) electrons. The lowest BCUT2D eigenvalue weighted by Crippen LogP contribution is -2.31. The molecule has 3 N–H and O–H groups in total. The van der Waals surface area contributed by atoms with Crippen LogP contribution >= 0.6 is 11.6 Å². The highest BCUT2D eigenvalue weighted by molar-refractivity contribution is 6.32. The number of hydrogen-bond acceptors (Lipinski definition) is 5. The number of nitrogens with zero attached hydrogens (tertiary/aromatic N) is 2. The minimum Gasteiger partial charge on any atom is -0.384 e. The molecule has 0 aliphatic rings. The smallest absolute Gasteiger partial charge is 0.157 e. The van der Waals surface area contributed by atoms with Gasteiger partial charge < -0.3 is 15.7 Å². The topological polar surface area (TPSA) is 70.1 Å². The molecular formula is C14H17ClN4O. The Morgan fingerprint density at radius 1 is 1.25 bits per heavy atom. The molecule has 1 atom stereocenters. The highest BCUT2D eigenvalue weighted by Gasteiger charge is 2.23. The van der Waals surface area contributed by atoms with E-state index in [2.05, 4.69) is 20.6 Å². The molecule has 106 valence electrons. The van der Waals surface area contributed by atoms with Gasteiger partial charge in [0.05, 0.1) is 0 Å². The van der Waals surface area contributed by atoms with E-state index in [9.17, 15) is 5.11 Å². The first-order chi connectivity index (χ1) is 9.54. The van der Waals surface area contributed by atoms with Gasteiger partial charge in [-0.2, -0.15) is 0 Å². The number of anilines is 2. The Morgan fingerprint density at radius 3 is 2.60 bits per heavy atom. The molecule has 1 unspecified atom stereocenters. The van der Waals surface area contributed by atoms with Crippen LogP contribution in [0, 0.1) is 0 Å². The minimum absolute atomic E-state index is 0.305. The van der Waals surface area contributed by atoms with Gasteiger partial charge in [0, 0.05) is 13.6 Å². The van der Waals surface area contributed by atoms with Gasteiger partial charge in [-0.05, 0) is 12.5 Å². The predicted molar refractivity (Wildman–Crippen MR) is 81.1 cm³/mol. The van der Waals surface area contributed by atoms with Crippen molar-refractivity contribution in [1.29, 1.82) is 0 Å². The third-order valence-electron chi connectivity index (χ3n) is 3.05. The zero-order chi connectivity index (χ0) is 14.6. The van der Waals surface area contributed by atoms with E-state index in [0.717, 1.165) is 5.56 Å². The van der Waals surface area contributed by atoms with E-state index in [4.69, 9.17) is 11.6 Å². The second-order valence-corrected chi connectivity index (χ2v) is 4.99. The number of halogens is 1. The van der Waals surface area contributed by atoms with Crippen molar-refractivity contribution >= 4 is 23.1 Å². The van der Waals surface area contributed by atoms with Crippen molar-refractivity contribution in [2.45, 2.75) is 12.5 Å². The Bertz CT molecular complexity index is 575. The monoisotopic (exact) mass is 292 g/mol. The van der Waals surface area contributed by atoms with Crippen LogP contribution < -0.4 is 10.6 Å². The van der Waals surface area contributed by atoms with Gasteiger partial charge in [-0.1, -0.05) is 41.9 Å². The van der Waals surface area contributed by atoms with E-state index < -0.39 is 5.60 Å². The fourth-order valence-electron chi connectivity index (χ4n) is 1.87. The first-order valence-corrected chi connectivity index (χ1v) is 6.62. The predicted octanol–water partition coefficient (Wildman–Crippen LogP) is 2.49. The molecule has 1 aromatic heterocycles. The van der Waals surface area contributed by atoms with Crippen molar-refractivity contribution in [2.75, 3.05) is 24.2 Å². The lowest BCUT2D eigenvalue weighted by molar-refractivity contribution is 0.0714. The molecule has 5 nitrogen and oxygen atoms in total. The van der Waals surface area contributed by atoms with Crippen LogP contribution in [0.2, 0.25) is 5.15 Å². The van der Waals surface area contributed by atoms with Crippen LogP contribution in [-0.2, 0) is 5.60 Å². The van der Waals surface area contributed by atoms with Crippen molar-refractivity contribution in [2.24, 2.45) is 0 Å². The van der Waals surface area contributed by atoms with Gasteiger partial charge in [0.1, 0.15) is 17.6 Å². The summed E-state index contributed by atoms with van der Waals surface area (Å²) in [5.74, 6) is 0.559. The summed E-state index contributed by atoms with van der Waals surface area (Å²) < 4.78 is 0. The summed E-state index contributed by atoms with van der Waals surface area (Å²) in [7, 11) is 1.74. The van der Waals surface area contributed by atoms with E-state index in [0.29, 0.717) is 23.2 Å². The normalized spacial score (nSPS) is 13.6.